The van der Waals surface area contributed by atoms with Crippen LogP contribution in [-0.2, 0) is 11.2 Å². The monoisotopic (exact) mass is 278 g/mol. The molecule has 0 aromatic heterocycles. The lowest BCUT2D eigenvalue weighted by atomic mass is 9.95. The van der Waals surface area contributed by atoms with Crippen LogP contribution in [0.3, 0.4) is 0 Å². The summed E-state index contributed by atoms with van der Waals surface area (Å²) in [6.07, 6.45) is 4.04. The van der Waals surface area contributed by atoms with E-state index < -0.39 is 5.97 Å². The number of fused-ring (bicyclic) bond motifs is 1. The molecule has 0 atom stereocenters. The Balaban J connectivity index is 2.06. The Morgan fingerprint density at radius 3 is 2.71 bits per heavy atom. The van der Waals surface area contributed by atoms with E-state index >= 15 is 0 Å². The highest BCUT2D eigenvalue weighted by Gasteiger charge is 2.22. The molecule has 0 radical (unpaired) electrons. The second-order valence-corrected chi connectivity index (χ2v) is 5.06. The molecule has 3 rings (SSSR count). The second kappa shape index (κ2) is 5.37. The molecule has 1 aliphatic rings. The van der Waals surface area contributed by atoms with Gasteiger partial charge in [-0.15, -0.1) is 0 Å². The molecule has 0 aliphatic heterocycles. The second-order valence-electron chi connectivity index (χ2n) is 5.06. The molecular formula is C18H14O3. The lowest BCUT2D eigenvalue weighted by Crippen LogP contribution is -1.95. The first-order valence-corrected chi connectivity index (χ1v) is 6.82. The molecule has 0 heterocycles. The SMILES string of the molecule is O=C(O)C=Cc1cccc(-c2cccc3c2C(=O)CC3)c1. The van der Waals surface area contributed by atoms with Gasteiger partial charge in [0.15, 0.2) is 5.78 Å². The summed E-state index contributed by atoms with van der Waals surface area (Å²) in [5, 5.41) is 8.69. The number of Topliss-reactive ketones (excluding diaryl/α,β-unsaturated/α-hetero) is 1. The summed E-state index contributed by atoms with van der Waals surface area (Å²) in [5.41, 5.74) is 4.59. The predicted molar refractivity (Wildman–Crippen MR) is 81.2 cm³/mol. The first-order chi connectivity index (χ1) is 10.1. The van der Waals surface area contributed by atoms with Gasteiger partial charge in [-0.3, -0.25) is 4.79 Å². The molecule has 0 amide bonds. The van der Waals surface area contributed by atoms with E-state index in [9.17, 15) is 9.59 Å². The predicted octanol–water partition coefficient (Wildman–Crippen LogP) is 3.58. The van der Waals surface area contributed by atoms with Gasteiger partial charge in [0.05, 0.1) is 0 Å². The minimum atomic E-state index is -0.976. The van der Waals surface area contributed by atoms with Crippen LogP contribution >= 0.6 is 0 Å². The van der Waals surface area contributed by atoms with Crippen molar-refractivity contribution in [2.75, 3.05) is 0 Å². The van der Waals surface area contributed by atoms with Crippen molar-refractivity contribution < 1.29 is 14.7 Å². The Labute approximate surface area is 122 Å². The lowest BCUT2D eigenvalue weighted by Gasteiger charge is -2.08. The zero-order chi connectivity index (χ0) is 14.8. The summed E-state index contributed by atoms with van der Waals surface area (Å²) in [6.45, 7) is 0. The van der Waals surface area contributed by atoms with Gasteiger partial charge in [0.25, 0.3) is 0 Å². The maximum absolute atomic E-state index is 12.1. The van der Waals surface area contributed by atoms with Crippen molar-refractivity contribution in [3.63, 3.8) is 0 Å². The van der Waals surface area contributed by atoms with E-state index in [1.807, 2.05) is 42.5 Å². The molecule has 0 unspecified atom stereocenters. The smallest absolute Gasteiger partial charge is 0.328 e. The van der Waals surface area contributed by atoms with E-state index in [2.05, 4.69) is 0 Å². The molecule has 21 heavy (non-hydrogen) atoms. The number of aliphatic carboxylic acids is 1. The zero-order valence-electron chi connectivity index (χ0n) is 11.4. The van der Waals surface area contributed by atoms with E-state index in [4.69, 9.17) is 5.11 Å². The number of carbonyl (C=O) groups is 2. The summed E-state index contributed by atoms with van der Waals surface area (Å²) in [6, 6.07) is 13.5. The van der Waals surface area contributed by atoms with Gasteiger partial charge < -0.3 is 5.11 Å². The van der Waals surface area contributed by atoms with Crippen LogP contribution in [0.2, 0.25) is 0 Å². The summed E-state index contributed by atoms with van der Waals surface area (Å²) in [7, 11) is 0. The van der Waals surface area contributed by atoms with Crippen molar-refractivity contribution in [3.05, 3.63) is 65.2 Å². The fraction of sp³-hybridized carbons (Fsp3) is 0.111. The number of hydrogen-bond donors (Lipinski definition) is 1. The Hall–Kier alpha value is -2.68. The number of carbonyl (C=O) groups excluding carboxylic acids is 1. The summed E-state index contributed by atoms with van der Waals surface area (Å²) >= 11 is 0. The Morgan fingerprint density at radius 2 is 1.90 bits per heavy atom. The summed E-state index contributed by atoms with van der Waals surface area (Å²) in [5.74, 6) is -0.789. The van der Waals surface area contributed by atoms with Crippen LogP contribution in [0.1, 0.15) is 27.9 Å². The molecule has 0 spiro atoms. The number of carboxylic acids is 1. The molecule has 1 aliphatic carbocycles. The van der Waals surface area contributed by atoms with Gasteiger partial charge in [0.1, 0.15) is 0 Å². The standard InChI is InChI=1S/C18H14O3/c19-16-9-8-13-4-2-6-15(18(13)16)14-5-1-3-12(11-14)7-10-17(20)21/h1-7,10-11H,8-9H2,(H,20,21). The Kier molecular flexibility index (Phi) is 3.40. The summed E-state index contributed by atoms with van der Waals surface area (Å²) < 4.78 is 0. The van der Waals surface area contributed by atoms with Gasteiger partial charge in [-0.25, -0.2) is 4.79 Å². The third-order valence-corrected chi connectivity index (χ3v) is 3.67. The first kappa shape index (κ1) is 13.3. The number of hydrogen-bond acceptors (Lipinski definition) is 2. The van der Waals surface area contributed by atoms with Gasteiger partial charge in [0.2, 0.25) is 0 Å². The summed E-state index contributed by atoms with van der Waals surface area (Å²) in [4.78, 5) is 22.7. The maximum Gasteiger partial charge on any atom is 0.328 e. The fourth-order valence-electron chi connectivity index (χ4n) is 2.73. The van der Waals surface area contributed by atoms with E-state index in [0.717, 1.165) is 40.3 Å². The van der Waals surface area contributed by atoms with Crippen LogP contribution in [0.5, 0.6) is 0 Å². The van der Waals surface area contributed by atoms with Crippen molar-refractivity contribution in [2.45, 2.75) is 12.8 Å². The Bertz CT molecular complexity index is 757. The molecule has 1 N–H and O–H groups in total. The quantitative estimate of drug-likeness (QED) is 0.873. The van der Waals surface area contributed by atoms with Crippen LogP contribution in [0.15, 0.2) is 48.5 Å². The first-order valence-electron chi connectivity index (χ1n) is 6.82. The van der Waals surface area contributed by atoms with Crippen molar-refractivity contribution in [2.24, 2.45) is 0 Å². The normalized spacial score (nSPS) is 13.6. The van der Waals surface area contributed by atoms with E-state index in [1.165, 1.54) is 0 Å². The average Bonchev–Trinajstić information content (AvgIpc) is 2.87. The highest BCUT2D eigenvalue weighted by atomic mass is 16.4. The number of carboxylic acid groups (broad SMARTS) is 1. The molecule has 2 aromatic rings. The molecular weight excluding hydrogens is 264 g/mol. The minimum Gasteiger partial charge on any atom is -0.478 e. The van der Waals surface area contributed by atoms with Crippen LogP contribution in [0.4, 0.5) is 0 Å². The molecule has 2 aromatic carbocycles. The van der Waals surface area contributed by atoms with Crippen LogP contribution < -0.4 is 0 Å². The molecule has 0 fully saturated rings. The zero-order valence-corrected chi connectivity index (χ0v) is 11.4. The highest BCUT2D eigenvalue weighted by Crippen LogP contribution is 2.32. The molecule has 3 heteroatoms. The van der Waals surface area contributed by atoms with Gasteiger partial charge in [-0.05, 0) is 40.8 Å². The number of rotatable bonds is 3. The number of benzene rings is 2. The molecule has 0 bridgehead atoms. The van der Waals surface area contributed by atoms with Crippen LogP contribution in [0, 0.1) is 0 Å². The van der Waals surface area contributed by atoms with Gasteiger partial charge in [0, 0.05) is 18.1 Å². The van der Waals surface area contributed by atoms with Gasteiger partial charge in [-0.1, -0.05) is 36.4 Å². The van der Waals surface area contributed by atoms with Crippen molar-refractivity contribution >= 4 is 17.8 Å². The van der Waals surface area contributed by atoms with E-state index in [0.29, 0.717) is 6.42 Å². The fourth-order valence-corrected chi connectivity index (χ4v) is 2.73. The van der Waals surface area contributed by atoms with Crippen molar-refractivity contribution in [1.82, 2.24) is 0 Å². The topological polar surface area (TPSA) is 54.4 Å². The van der Waals surface area contributed by atoms with Crippen LogP contribution in [0.25, 0.3) is 17.2 Å². The lowest BCUT2D eigenvalue weighted by molar-refractivity contribution is -0.131. The van der Waals surface area contributed by atoms with Crippen molar-refractivity contribution in [3.8, 4) is 11.1 Å². The van der Waals surface area contributed by atoms with Gasteiger partial charge in [-0.2, -0.15) is 0 Å². The third kappa shape index (κ3) is 2.63. The van der Waals surface area contributed by atoms with Crippen LogP contribution in [-0.4, -0.2) is 16.9 Å². The number of aryl methyl sites for hydroxylation is 1. The average molecular weight is 278 g/mol. The highest BCUT2D eigenvalue weighted by molar-refractivity contribution is 6.06. The van der Waals surface area contributed by atoms with E-state index in [1.54, 1.807) is 6.08 Å². The number of ketones is 1. The molecule has 0 saturated carbocycles. The molecule has 104 valence electrons. The molecule has 0 saturated heterocycles. The minimum absolute atomic E-state index is 0.187. The molecule has 3 nitrogen and oxygen atoms in total. The Morgan fingerprint density at radius 1 is 1.10 bits per heavy atom. The largest absolute Gasteiger partial charge is 0.478 e. The van der Waals surface area contributed by atoms with Gasteiger partial charge >= 0.3 is 5.97 Å². The van der Waals surface area contributed by atoms with E-state index in [-0.39, 0.29) is 5.78 Å². The maximum atomic E-state index is 12.1. The third-order valence-electron chi connectivity index (χ3n) is 3.67. The van der Waals surface area contributed by atoms with Crippen molar-refractivity contribution in [1.29, 1.82) is 0 Å².